The molecule has 2 aromatic carbocycles. The predicted molar refractivity (Wildman–Crippen MR) is 59.6 cm³/mol. The van der Waals surface area contributed by atoms with Gasteiger partial charge in [-0.3, -0.25) is 0 Å². The van der Waals surface area contributed by atoms with E-state index in [4.69, 9.17) is 4.74 Å². The Morgan fingerprint density at radius 1 is 1.13 bits per heavy atom. The van der Waals surface area contributed by atoms with Crippen molar-refractivity contribution in [1.82, 2.24) is 0 Å². The Morgan fingerprint density at radius 2 is 1.87 bits per heavy atom. The first-order chi connectivity index (χ1) is 7.24. The molecular weight excluding hydrogens is 188 g/mol. The Balaban J connectivity index is 2.79. The van der Waals surface area contributed by atoms with Gasteiger partial charge in [0.15, 0.2) is 0 Å². The first-order valence-electron chi connectivity index (χ1n) is 4.95. The van der Waals surface area contributed by atoms with E-state index in [-0.39, 0.29) is 0 Å². The minimum atomic E-state index is -0.772. The summed E-state index contributed by atoms with van der Waals surface area (Å²) in [6, 6.07) is 11.7. The second-order valence-corrected chi connectivity index (χ2v) is 3.54. The van der Waals surface area contributed by atoms with E-state index in [0.29, 0.717) is 5.75 Å². The molecule has 2 rings (SSSR count). The van der Waals surface area contributed by atoms with E-state index < -0.39 is 6.10 Å². The van der Waals surface area contributed by atoms with Crippen LogP contribution in [-0.4, -0.2) is 7.11 Å². The van der Waals surface area contributed by atoms with Crippen molar-refractivity contribution in [1.29, 1.82) is 0 Å². The number of ether oxygens (including phenoxy) is 1. The molecule has 0 aliphatic heterocycles. The Bertz CT molecular complexity index is 475. The van der Waals surface area contributed by atoms with Gasteiger partial charge in [-0.05, 0) is 23.8 Å². The summed E-state index contributed by atoms with van der Waals surface area (Å²) in [4.78, 5) is 0. The molecule has 15 heavy (non-hydrogen) atoms. The Morgan fingerprint density at radius 3 is 2.53 bits per heavy atom. The van der Waals surface area contributed by atoms with Crippen molar-refractivity contribution >= 4 is 10.8 Å². The van der Waals surface area contributed by atoms with E-state index in [1.807, 2.05) is 36.4 Å². The Kier molecular flexibility index (Phi) is 2.60. The molecule has 0 amide bonds. The van der Waals surface area contributed by atoms with Gasteiger partial charge in [-0.25, -0.2) is 5.11 Å². The normalized spacial score (nSPS) is 12.7. The zero-order valence-corrected chi connectivity index (χ0v) is 8.86. The molecule has 0 N–H and O–H groups in total. The molecule has 77 valence electrons. The molecule has 1 unspecified atom stereocenters. The summed E-state index contributed by atoms with van der Waals surface area (Å²) in [5, 5.41) is 13.7. The highest BCUT2D eigenvalue weighted by molar-refractivity contribution is 5.88. The van der Waals surface area contributed by atoms with Crippen molar-refractivity contribution in [3.8, 4) is 5.75 Å². The Labute approximate surface area is 89.1 Å². The van der Waals surface area contributed by atoms with Gasteiger partial charge in [-0.1, -0.05) is 30.3 Å². The number of hydrogen-bond donors (Lipinski definition) is 0. The third-order valence-electron chi connectivity index (χ3n) is 2.56. The maximum absolute atomic E-state index is 11.6. The van der Waals surface area contributed by atoms with Gasteiger partial charge in [0.25, 0.3) is 0 Å². The van der Waals surface area contributed by atoms with Crippen LogP contribution in [0.3, 0.4) is 0 Å². The smallest absolute Gasteiger partial charge is 0.125 e. The second-order valence-electron chi connectivity index (χ2n) is 3.54. The van der Waals surface area contributed by atoms with E-state index in [9.17, 15) is 5.11 Å². The Hall–Kier alpha value is -1.54. The lowest BCUT2D eigenvalue weighted by Gasteiger charge is -2.12. The lowest BCUT2D eigenvalue weighted by atomic mass is 10.00. The molecule has 0 saturated carbocycles. The zero-order valence-electron chi connectivity index (χ0n) is 8.86. The highest BCUT2D eigenvalue weighted by atomic mass is 16.5. The standard InChI is InChI=1S/C13H13O2/c1-9(14)13-11-6-4-3-5-10(11)7-8-12(13)15-2/h3-9H,1-2H3. The zero-order chi connectivity index (χ0) is 10.8. The van der Waals surface area contributed by atoms with Crippen LogP contribution in [0.1, 0.15) is 18.6 Å². The van der Waals surface area contributed by atoms with Crippen LogP contribution in [0.2, 0.25) is 0 Å². The number of fused-ring (bicyclic) bond motifs is 1. The molecule has 0 heterocycles. The third-order valence-corrected chi connectivity index (χ3v) is 2.56. The number of methoxy groups -OCH3 is 1. The van der Waals surface area contributed by atoms with E-state index in [1.165, 1.54) is 0 Å². The lowest BCUT2D eigenvalue weighted by Crippen LogP contribution is -1.96. The SMILES string of the molecule is COc1ccc2ccccc2c1C(C)[O]. The molecule has 2 aromatic rings. The first-order valence-corrected chi connectivity index (χ1v) is 4.95. The van der Waals surface area contributed by atoms with Gasteiger partial charge in [0.2, 0.25) is 0 Å². The maximum Gasteiger partial charge on any atom is 0.125 e. The summed E-state index contributed by atoms with van der Waals surface area (Å²) in [6.45, 7) is 1.64. The van der Waals surface area contributed by atoms with Crippen LogP contribution in [-0.2, 0) is 5.11 Å². The van der Waals surface area contributed by atoms with Crippen LogP contribution in [0, 0.1) is 0 Å². The van der Waals surface area contributed by atoms with Gasteiger partial charge in [0.1, 0.15) is 11.9 Å². The third kappa shape index (κ3) is 1.68. The molecule has 0 spiro atoms. The molecule has 1 atom stereocenters. The van der Waals surface area contributed by atoms with Crippen LogP contribution in [0.4, 0.5) is 0 Å². The average molecular weight is 201 g/mol. The molecule has 0 bridgehead atoms. The molecular formula is C13H13O2. The summed E-state index contributed by atoms with van der Waals surface area (Å²) in [5.41, 5.74) is 0.746. The number of hydrogen-bond acceptors (Lipinski definition) is 1. The summed E-state index contributed by atoms with van der Waals surface area (Å²) < 4.78 is 5.21. The molecule has 1 radical (unpaired) electrons. The summed E-state index contributed by atoms with van der Waals surface area (Å²) in [7, 11) is 1.59. The maximum atomic E-state index is 11.6. The van der Waals surface area contributed by atoms with Crippen molar-refractivity contribution in [3.05, 3.63) is 42.0 Å². The largest absolute Gasteiger partial charge is 0.496 e. The van der Waals surface area contributed by atoms with Crippen molar-refractivity contribution in [2.45, 2.75) is 13.0 Å². The van der Waals surface area contributed by atoms with Crippen molar-refractivity contribution in [2.75, 3.05) is 7.11 Å². The minimum absolute atomic E-state index is 0.677. The molecule has 0 fully saturated rings. The highest BCUT2D eigenvalue weighted by Gasteiger charge is 2.13. The fourth-order valence-corrected chi connectivity index (χ4v) is 1.87. The van der Waals surface area contributed by atoms with E-state index in [2.05, 4.69) is 0 Å². The lowest BCUT2D eigenvalue weighted by molar-refractivity contribution is 0.105. The molecule has 0 aliphatic carbocycles. The van der Waals surface area contributed by atoms with Gasteiger partial charge in [-0.2, -0.15) is 0 Å². The summed E-state index contributed by atoms with van der Waals surface area (Å²) in [6.07, 6.45) is -0.772. The van der Waals surface area contributed by atoms with Crippen LogP contribution < -0.4 is 4.74 Å². The molecule has 0 saturated heterocycles. The van der Waals surface area contributed by atoms with Crippen LogP contribution in [0.25, 0.3) is 10.8 Å². The van der Waals surface area contributed by atoms with Crippen LogP contribution >= 0.6 is 0 Å². The first kappa shape index (κ1) is 9.99. The van der Waals surface area contributed by atoms with Gasteiger partial charge in [0.05, 0.1) is 7.11 Å². The molecule has 0 aromatic heterocycles. The number of benzene rings is 2. The molecule has 0 aliphatic rings. The van der Waals surface area contributed by atoms with Gasteiger partial charge >= 0.3 is 0 Å². The predicted octanol–water partition coefficient (Wildman–Crippen LogP) is 3.34. The topological polar surface area (TPSA) is 29.1 Å². The monoisotopic (exact) mass is 201 g/mol. The van der Waals surface area contributed by atoms with E-state index >= 15 is 0 Å². The van der Waals surface area contributed by atoms with Gasteiger partial charge in [-0.15, -0.1) is 0 Å². The molecule has 2 heteroatoms. The number of rotatable bonds is 2. The summed E-state index contributed by atoms with van der Waals surface area (Å²) >= 11 is 0. The quantitative estimate of drug-likeness (QED) is 0.732. The average Bonchev–Trinajstić information content (AvgIpc) is 2.27. The minimum Gasteiger partial charge on any atom is -0.496 e. The van der Waals surface area contributed by atoms with Crippen LogP contribution in [0.15, 0.2) is 36.4 Å². The van der Waals surface area contributed by atoms with Crippen molar-refractivity contribution in [2.24, 2.45) is 0 Å². The summed E-state index contributed by atoms with van der Waals surface area (Å²) in [5.74, 6) is 0.677. The van der Waals surface area contributed by atoms with Crippen LogP contribution in [0.5, 0.6) is 5.75 Å². The van der Waals surface area contributed by atoms with Gasteiger partial charge < -0.3 is 4.74 Å². The fourth-order valence-electron chi connectivity index (χ4n) is 1.87. The van der Waals surface area contributed by atoms with E-state index in [1.54, 1.807) is 14.0 Å². The fraction of sp³-hybridized carbons (Fsp3) is 0.231. The molecule has 2 nitrogen and oxygen atoms in total. The van der Waals surface area contributed by atoms with Gasteiger partial charge in [0, 0.05) is 5.56 Å². The van der Waals surface area contributed by atoms with Crippen molar-refractivity contribution < 1.29 is 9.84 Å². The van der Waals surface area contributed by atoms with Crippen molar-refractivity contribution in [3.63, 3.8) is 0 Å². The van der Waals surface area contributed by atoms with E-state index in [0.717, 1.165) is 16.3 Å². The highest BCUT2D eigenvalue weighted by Crippen LogP contribution is 2.32. The second kappa shape index (κ2) is 3.91.